The smallest absolute Gasteiger partial charge is 0.253 e. The van der Waals surface area contributed by atoms with Gasteiger partial charge in [0.15, 0.2) is 0 Å². The summed E-state index contributed by atoms with van der Waals surface area (Å²) < 4.78 is 0. The standard InChI is InChI=1S/C19H17ClN4O/c20-17-4-2-1-3-15(17)12-24-19(25)16-5-6-18(23-13-16)22-11-14-7-9-21-10-8-14/h1-10,13H,11-12H2,(H,22,23)(H,24,25). The van der Waals surface area contributed by atoms with Gasteiger partial charge in [0.25, 0.3) is 5.91 Å². The highest BCUT2D eigenvalue weighted by Crippen LogP contribution is 2.14. The van der Waals surface area contributed by atoms with Gasteiger partial charge in [-0.15, -0.1) is 0 Å². The van der Waals surface area contributed by atoms with Crippen LogP contribution in [0.15, 0.2) is 67.1 Å². The second-order valence-electron chi connectivity index (χ2n) is 5.42. The molecule has 0 fully saturated rings. The van der Waals surface area contributed by atoms with Gasteiger partial charge in [0.2, 0.25) is 0 Å². The molecule has 0 unspecified atom stereocenters. The number of hydrogen-bond acceptors (Lipinski definition) is 4. The molecule has 2 N–H and O–H groups in total. The number of anilines is 1. The molecule has 2 heterocycles. The van der Waals surface area contributed by atoms with Gasteiger partial charge < -0.3 is 10.6 Å². The number of benzene rings is 1. The molecule has 0 radical (unpaired) electrons. The van der Waals surface area contributed by atoms with Gasteiger partial charge in [-0.2, -0.15) is 0 Å². The summed E-state index contributed by atoms with van der Waals surface area (Å²) in [5.74, 6) is 0.521. The Morgan fingerprint density at radius 1 is 1.00 bits per heavy atom. The van der Waals surface area contributed by atoms with Gasteiger partial charge in [0.1, 0.15) is 5.82 Å². The van der Waals surface area contributed by atoms with Crippen molar-refractivity contribution in [1.82, 2.24) is 15.3 Å². The van der Waals surface area contributed by atoms with Crippen molar-refractivity contribution in [2.75, 3.05) is 5.32 Å². The molecular weight excluding hydrogens is 336 g/mol. The van der Waals surface area contributed by atoms with E-state index >= 15 is 0 Å². The van der Waals surface area contributed by atoms with Crippen molar-refractivity contribution in [2.24, 2.45) is 0 Å². The maximum atomic E-state index is 12.2. The van der Waals surface area contributed by atoms with Gasteiger partial charge in [0, 0.05) is 36.7 Å². The number of nitrogens with one attached hydrogen (secondary N) is 2. The van der Waals surface area contributed by atoms with Crippen LogP contribution in [-0.4, -0.2) is 15.9 Å². The number of amides is 1. The SMILES string of the molecule is O=C(NCc1ccccc1Cl)c1ccc(NCc2ccncc2)nc1. The highest BCUT2D eigenvalue weighted by molar-refractivity contribution is 6.31. The van der Waals surface area contributed by atoms with Crippen LogP contribution in [0.25, 0.3) is 0 Å². The van der Waals surface area contributed by atoms with Gasteiger partial charge in [0.05, 0.1) is 5.56 Å². The van der Waals surface area contributed by atoms with Crippen LogP contribution in [0.4, 0.5) is 5.82 Å². The van der Waals surface area contributed by atoms with Gasteiger partial charge >= 0.3 is 0 Å². The molecule has 0 spiro atoms. The van der Waals surface area contributed by atoms with Gasteiger partial charge in [-0.1, -0.05) is 29.8 Å². The molecule has 0 atom stereocenters. The average molecular weight is 353 g/mol. The molecule has 0 saturated heterocycles. The summed E-state index contributed by atoms with van der Waals surface area (Å²) in [4.78, 5) is 20.5. The summed E-state index contributed by atoms with van der Waals surface area (Å²) in [5, 5.41) is 6.68. The van der Waals surface area contributed by atoms with Gasteiger partial charge in [-0.25, -0.2) is 4.98 Å². The van der Waals surface area contributed by atoms with E-state index in [1.807, 2.05) is 30.3 Å². The number of nitrogens with zero attached hydrogens (tertiary/aromatic N) is 2. The number of carbonyl (C=O) groups is 1. The number of carbonyl (C=O) groups excluding carboxylic acids is 1. The molecule has 0 aliphatic rings. The van der Waals surface area contributed by atoms with Gasteiger partial charge in [-0.05, 0) is 41.5 Å². The fourth-order valence-electron chi connectivity index (χ4n) is 2.25. The normalized spacial score (nSPS) is 10.3. The average Bonchev–Trinajstić information content (AvgIpc) is 2.67. The van der Waals surface area contributed by atoms with E-state index in [1.165, 1.54) is 0 Å². The van der Waals surface area contributed by atoms with Crippen molar-refractivity contribution in [2.45, 2.75) is 13.1 Å². The van der Waals surface area contributed by atoms with Crippen molar-refractivity contribution in [3.8, 4) is 0 Å². The third kappa shape index (κ3) is 4.78. The predicted octanol–water partition coefficient (Wildman–Crippen LogP) is 3.67. The maximum Gasteiger partial charge on any atom is 0.253 e. The molecule has 3 rings (SSSR count). The Balaban J connectivity index is 1.54. The van der Waals surface area contributed by atoms with Crippen LogP contribution in [0.2, 0.25) is 5.02 Å². The van der Waals surface area contributed by atoms with E-state index in [1.54, 1.807) is 36.8 Å². The third-order valence-corrected chi connectivity index (χ3v) is 4.01. The zero-order valence-electron chi connectivity index (χ0n) is 13.4. The van der Waals surface area contributed by atoms with E-state index < -0.39 is 0 Å². The summed E-state index contributed by atoms with van der Waals surface area (Å²) in [6.07, 6.45) is 5.05. The Bertz CT molecular complexity index is 838. The highest BCUT2D eigenvalue weighted by Gasteiger charge is 2.07. The molecule has 1 aromatic carbocycles. The van der Waals surface area contributed by atoms with Gasteiger partial charge in [-0.3, -0.25) is 9.78 Å². The van der Waals surface area contributed by atoms with Crippen LogP contribution >= 0.6 is 11.6 Å². The van der Waals surface area contributed by atoms with Crippen molar-refractivity contribution in [3.05, 3.63) is 88.8 Å². The number of pyridine rings is 2. The molecule has 3 aromatic rings. The molecular formula is C19H17ClN4O. The molecule has 0 saturated carbocycles. The first kappa shape index (κ1) is 16.9. The number of aromatic nitrogens is 2. The summed E-state index contributed by atoms with van der Waals surface area (Å²) >= 11 is 6.08. The van der Waals surface area contributed by atoms with Crippen molar-refractivity contribution >= 4 is 23.3 Å². The Hall–Kier alpha value is -2.92. The number of halogens is 1. The van der Waals surface area contributed by atoms with Crippen molar-refractivity contribution in [3.63, 3.8) is 0 Å². The fourth-order valence-corrected chi connectivity index (χ4v) is 2.45. The minimum Gasteiger partial charge on any atom is -0.366 e. The zero-order valence-corrected chi connectivity index (χ0v) is 14.2. The third-order valence-electron chi connectivity index (χ3n) is 3.65. The Kier molecular flexibility index (Phi) is 5.59. The molecule has 0 bridgehead atoms. The predicted molar refractivity (Wildman–Crippen MR) is 98.4 cm³/mol. The maximum absolute atomic E-state index is 12.2. The molecule has 1 amide bonds. The van der Waals surface area contributed by atoms with E-state index in [0.717, 1.165) is 11.1 Å². The van der Waals surface area contributed by atoms with E-state index in [2.05, 4.69) is 20.6 Å². The van der Waals surface area contributed by atoms with Crippen LogP contribution in [-0.2, 0) is 13.1 Å². The lowest BCUT2D eigenvalue weighted by atomic mass is 10.2. The molecule has 2 aromatic heterocycles. The molecule has 0 aliphatic heterocycles. The summed E-state index contributed by atoms with van der Waals surface area (Å²) in [7, 11) is 0. The van der Waals surface area contributed by atoms with Crippen molar-refractivity contribution < 1.29 is 4.79 Å². The zero-order chi connectivity index (χ0) is 17.5. The van der Waals surface area contributed by atoms with E-state index in [9.17, 15) is 4.79 Å². The minimum absolute atomic E-state index is 0.187. The first-order valence-corrected chi connectivity index (χ1v) is 8.20. The van der Waals surface area contributed by atoms with E-state index in [4.69, 9.17) is 11.6 Å². The monoisotopic (exact) mass is 352 g/mol. The molecule has 5 nitrogen and oxygen atoms in total. The number of hydrogen-bond donors (Lipinski definition) is 2. The first-order valence-electron chi connectivity index (χ1n) is 7.83. The highest BCUT2D eigenvalue weighted by atomic mass is 35.5. The lowest BCUT2D eigenvalue weighted by Crippen LogP contribution is -2.23. The summed E-state index contributed by atoms with van der Waals surface area (Å²) in [5.41, 5.74) is 2.49. The Morgan fingerprint density at radius 3 is 2.52 bits per heavy atom. The minimum atomic E-state index is -0.187. The lowest BCUT2D eigenvalue weighted by Gasteiger charge is -2.08. The second-order valence-corrected chi connectivity index (χ2v) is 5.82. The number of rotatable bonds is 6. The van der Waals surface area contributed by atoms with E-state index in [-0.39, 0.29) is 5.91 Å². The van der Waals surface area contributed by atoms with Crippen molar-refractivity contribution in [1.29, 1.82) is 0 Å². The lowest BCUT2D eigenvalue weighted by molar-refractivity contribution is 0.0950. The van der Waals surface area contributed by atoms with Crippen LogP contribution in [0.5, 0.6) is 0 Å². The first-order chi connectivity index (χ1) is 12.2. The Morgan fingerprint density at radius 2 is 1.80 bits per heavy atom. The largest absolute Gasteiger partial charge is 0.366 e. The quantitative estimate of drug-likeness (QED) is 0.710. The van der Waals surface area contributed by atoms with Crippen LogP contribution in [0.1, 0.15) is 21.5 Å². The molecule has 6 heteroatoms. The molecule has 126 valence electrons. The molecule has 0 aliphatic carbocycles. The van der Waals surface area contributed by atoms with Crippen LogP contribution in [0, 0.1) is 0 Å². The van der Waals surface area contributed by atoms with Crippen LogP contribution in [0.3, 0.4) is 0 Å². The molecule has 25 heavy (non-hydrogen) atoms. The van der Waals surface area contributed by atoms with E-state index in [0.29, 0.717) is 29.5 Å². The fraction of sp³-hybridized carbons (Fsp3) is 0.105. The van der Waals surface area contributed by atoms with Crippen LogP contribution < -0.4 is 10.6 Å². The second kappa shape index (κ2) is 8.26. The summed E-state index contributed by atoms with van der Waals surface area (Å²) in [6, 6.07) is 14.8. The topological polar surface area (TPSA) is 66.9 Å². The Labute approximate surface area is 151 Å². The summed E-state index contributed by atoms with van der Waals surface area (Å²) in [6.45, 7) is 1.02.